The van der Waals surface area contributed by atoms with Crippen molar-refractivity contribution in [2.45, 2.75) is 13.3 Å². The van der Waals surface area contributed by atoms with E-state index < -0.39 is 5.91 Å². The van der Waals surface area contributed by atoms with Crippen molar-refractivity contribution in [2.24, 2.45) is 5.73 Å². The molecule has 1 saturated heterocycles. The lowest BCUT2D eigenvalue weighted by Gasteiger charge is -2.37. The van der Waals surface area contributed by atoms with Gasteiger partial charge in [-0.2, -0.15) is 0 Å². The SMILES string of the molecule is COc1ccc(CC(=O)N2CCN(c3ccc(C(N)=O)cc3Nc3nc(C)cs3)CC2)cc1. The summed E-state index contributed by atoms with van der Waals surface area (Å²) in [4.78, 5) is 33.1. The van der Waals surface area contributed by atoms with E-state index in [1.165, 1.54) is 11.3 Å². The van der Waals surface area contributed by atoms with Crippen LogP contribution in [-0.4, -0.2) is 55.0 Å². The molecule has 2 aromatic carbocycles. The van der Waals surface area contributed by atoms with Crippen molar-refractivity contribution in [1.82, 2.24) is 9.88 Å². The second kappa shape index (κ2) is 9.91. The number of carbonyl (C=O) groups excluding carboxylic acids is 2. The number of benzene rings is 2. The fourth-order valence-electron chi connectivity index (χ4n) is 3.82. The van der Waals surface area contributed by atoms with E-state index in [2.05, 4.69) is 15.2 Å². The highest BCUT2D eigenvalue weighted by Crippen LogP contribution is 2.32. The quantitative estimate of drug-likeness (QED) is 0.556. The Balaban J connectivity index is 1.43. The number of nitrogens with one attached hydrogen (secondary N) is 1. The number of thiazole rings is 1. The van der Waals surface area contributed by atoms with Crippen LogP contribution in [-0.2, 0) is 11.2 Å². The van der Waals surface area contributed by atoms with Gasteiger partial charge in [-0.1, -0.05) is 12.1 Å². The molecular formula is C24H27N5O3S. The van der Waals surface area contributed by atoms with Crippen LogP contribution in [0.5, 0.6) is 5.75 Å². The Hall–Kier alpha value is -3.59. The molecule has 1 aromatic heterocycles. The predicted octanol–water partition coefficient (Wildman–Crippen LogP) is 3.19. The topological polar surface area (TPSA) is 101 Å². The molecule has 33 heavy (non-hydrogen) atoms. The number of anilines is 3. The summed E-state index contributed by atoms with van der Waals surface area (Å²) in [6, 6.07) is 13.0. The largest absolute Gasteiger partial charge is 0.497 e. The number of nitrogens with two attached hydrogens (primary N) is 1. The van der Waals surface area contributed by atoms with Gasteiger partial charge in [0.1, 0.15) is 5.75 Å². The van der Waals surface area contributed by atoms with Gasteiger partial charge in [0.05, 0.1) is 30.6 Å². The Morgan fingerprint density at radius 1 is 1.12 bits per heavy atom. The van der Waals surface area contributed by atoms with Crippen LogP contribution in [0.4, 0.5) is 16.5 Å². The average molecular weight is 466 g/mol. The summed E-state index contributed by atoms with van der Waals surface area (Å²) >= 11 is 1.50. The smallest absolute Gasteiger partial charge is 0.248 e. The van der Waals surface area contributed by atoms with Crippen molar-refractivity contribution in [2.75, 3.05) is 43.5 Å². The van der Waals surface area contributed by atoms with Crippen molar-refractivity contribution in [3.05, 3.63) is 64.7 Å². The molecule has 3 N–H and O–H groups in total. The third-order valence-corrected chi connectivity index (χ3v) is 6.50. The molecule has 0 spiro atoms. The molecule has 8 nitrogen and oxygen atoms in total. The van der Waals surface area contributed by atoms with Crippen molar-refractivity contribution in [3.63, 3.8) is 0 Å². The summed E-state index contributed by atoms with van der Waals surface area (Å²) in [5, 5.41) is 6.05. The number of methoxy groups -OCH3 is 1. The van der Waals surface area contributed by atoms with Gasteiger partial charge < -0.3 is 25.6 Å². The van der Waals surface area contributed by atoms with E-state index in [9.17, 15) is 9.59 Å². The number of amides is 2. The summed E-state index contributed by atoms with van der Waals surface area (Å²) in [6.07, 6.45) is 0.369. The zero-order valence-electron chi connectivity index (χ0n) is 18.7. The number of primary amides is 1. The van der Waals surface area contributed by atoms with Gasteiger partial charge in [-0.3, -0.25) is 9.59 Å². The molecule has 1 aliphatic heterocycles. The van der Waals surface area contributed by atoms with Crippen molar-refractivity contribution < 1.29 is 14.3 Å². The van der Waals surface area contributed by atoms with E-state index >= 15 is 0 Å². The van der Waals surface area contributed by atoms with Crippen molar-refractivity contribution in [3.8, 4) is 5.75 Å². The molecule has 9 heteroatoms. The Morgan fingerprint density at radius 2 is 1.85 bits per heavy atom. The zero-order valence-corrected chi connectivity index (χ0v) is 19.5. The molecule has 3 aromatic rings. The van der Waals surface area contributed by atoms with Gasteiger partial charge in [0.2, 0.25) is 11.8 Å². The third kappa shape index (κ3) is 5.43. The number of piperazine rings is 1. The lowest BCUT2D eigenvalue weighted by Crippen LogP contribution is -2.49. The average Bonchev–Trinajstić information content (AvgIpc) is 3.24. The van der Waals surface area contributed by atoms with Gasteiger partial charge in [0.25, 0.3) is 0 Å². The van der Waals surface area contributed by atoms with Crippen LogP contribution in [0.1, 0.15) is 21.6 Å². The van der Waals surface area contributed by atoms with Crippen LogP contribution in [0.3, 0.4) is 0 Å². The fraction of sp³-hybridized carbons (Fsp3) is 0.292. The molecule has 2 heterocycles. The molecule has 0 atom stereocenters. The van der Waals surface area contributed by atoms with Crippen LogP contribution in [0, 0.1) is 6.92 Å². The molecule has 1 aliphatic rings. The fourth-order valence-corrected chi connectivity index (χ4v) is 4.52. The lowest BCUT2D eigenvalue weighted by molar-refractivity contribution is -0.130. The second-order valence-corrected chi connectivity index (χ2v) is 8.77. The van der Waals surface area contributed by atoms with Gasteiger partial charge in [-0.15, -0.1) is 11.3 Å². The number of aromatic nitrogens is 1. The van der Waals surface area contributed by atoms with E-state index in [1.54, 1.807) is 19.2 Å². The first-order chi connectivity index (χ1) is 15.9. The summed E-state index contributed by atoms with van der Waals surface area (Å²) < 4.78 is 5.18. The summed E-state index contributed by atoms with van der Waals surface area (Å²) in [5.74, 6) is 0.411. The number of nitrogens with zero attached hydrogens (tertiary/aromatic N) is 3. The highest BCUT2D eigenvalue weighted by atomic mass is 32.1. The standard InChI is InChI=1S/C24H27N5O3S/c1-16-15-33-24(26-16)27-20-14-18(23(25)31)5-8-21(20)28-9-11-29(12-10-28)22(30)13-17-3-6-19(32-2)7-4-17/h3-8,14-15H,9-13H2,1-2H3,(H2,25,31)(H,26,27). The molecule has 2 amide bonds. The van der Waals surface area contributed by atoms with Crippen LogP contribution in [0.2, 0.25) is 0 Å². The molecule has 0 saturated carbocycles. The number of hydrogen-bond acceptors (Lipinski definition) is 7. The predicted molar refractivity (Wildman–Crippen MR) is 131 cm³/mol. The summed E-state index contributed by atoms with van der Waals surface area (Å²) in [5.41, 5.74) is 9.56. The number of ether oxygens (including phenoxy) is 1. The molecule has 1 fully saturated rings. The monoisotopic (exact) mass is 465 g/mol. The third-order valence-electron chi connectivity index (χ3n) is 5.63. The van der Waals surface area contributed by atoms with Gasteiger partial charge in [-0.25, -0.2) is 4.98 Å². The Labute approximate surface area is 197 Å². The maximum Gasteiger partial charge on any atom is 0.248 e. The maximum atomic E-state index is 12.8. The van der Waals surface area contributed by atoms with E-state index in [-0.39, 0.29) is 5.91 Å². The van der Waals surface area contributed by atoms with Gasteiger partial charge in [0, 0.05) is 37.1 Å². The van der Waals surface area contributed by atoms with Crippen LogP contribution in [0.25, 0.3) is 0 Å². The number of hydrogen-bond donors (Lipinski definition) is 2. The first-order valence-corrected chi connectivity index (χ1v) is 11.6. The molecule has 172 valence electrons. The van der Waals surface area contributed by atoms with Crippen molar-refractivity contribution in [1.29, 1.82) is 0 Å². The Kier molecular flexibility index (Phi) is 6.79. The van der Waals surface area contributed by atoms with Crippen LogP contribution < -0.4 is 20.7 Å². The Bertz CT molecular complexity index is 1140. The first-order valence-electron chi connectivity index (χ1n) is 10.7. The number of rotatable bonds is 7. The minimum absolute atomic E-state index is 0.112. The van der Waals surface area contributed by atoms with Gasteiger partial charge >= 0.3 is 0 Å². The molecular weight excluding hydrogens is 438 g/mol. The van der Waals surface area contributed by atoms with Crippen LogP contribution >= 0.6 is 11.3 Å². The molecule has 4 rings (SSSR count). The normalized spacial score (nSPS) is 13.6. The van der Waals surface area contributed by atoms with E-state index in [4.69, 9.17) is 10.5 Å². The maximum absolute atomic E-state index is 12.8. The molecule has 0 aliphatic carbocycles. The number of carbonyl (C=O) groups is 2. The van der Waals surface area contributed by atoms with E-state index in [1.807, 2.05) is 47.5 Å². The van der Waals surface area contributed by atoms with Crippen molar-refractivity contribution >= 4 is 39.7 Å². The van der Waals surface area contributed by atoms with Crippen LogP contribution in [0.15, 0.2) is 47.8 Å². The van der Waals surface area contributed by atoms with Gasteiger partial charge in [0.15, 0.2) is 5.13 Å². The first kappa shape index (κ1) is 22.6. The summed E-state index contributed by atoms with van der Waals surface area (Å²) in [6.45, 7) is 4.57. The summed E-state index contributed by atoms with van der Waals surface area (Å²) in [7, 11) is 1.62. The van der Waals surface area contributed by atoms with E-state index in [0.29, 0.717) is 38.2 Å². The Morgan fingerprint density at radius 3 is 2.45 bits per heavy atom. The molecule has 0 bridgehead atoms. The minimum Gasteiger partial charge on any atom is -0.497 e. The lowest BCUT2D eigenvalue weighted by atomic mass is 10.1. The minimum atomic E-state index is -0.478. The zero-order chi connectivity index (χ0) is 23.4. The molecule has 0 unspecified atom stereocenters. The molecule has 0 radical (unpaired) electrons. The highest BCUT2D eigenvalue weighted by Gasteiger charge is 2.23. The van der Waals surface area contributed by atoms with Gasteiger partial charge in [-0.05, 0) is 42.8 Å². The highest BCUT2D eigenvalue weighted by molar-refractivity contribution is 7.13. The number of aryl methyl sites for hydroxylation is 1. The van der Waals surface area contributed by atoms with E-state index in [0.717, 1.165) is 33.5 Å². The second-order valence-electron chi connectivity index (χ2n) is 7.91.